The predicted molar refractivity (Wildman–Crippen MR) is 53.0 cm³/mol. The van der Waals surface area contributed by atoms with E-state index in [0.717, 1.165) is 11.3 Å². The third-order valence-corrected chi connectivity index (χ3v) is 2.45. The van der Waals surface area contributed by atoms with Gasteiger partial charge in [-0.1, -0.05) is 0 Å². The van der Waals surface area contributed by atoms with Crippen LogP contribution in [-0.4, -0.2) is 33.9 Å². The second-order valence-corrected chi connectivity index (χ2v) is 4.02. The molecule has 0 aliphatic carbocycles. The summed E-state index contributed by atoms with van der Waals surface area (Å²) in [5.41, 5.74) is 1.19. The van der Waals surface area contributed by atoms with E-state index >= 15 is 0 Å². The molecule has 0 aromatic carbocycles. The van der Waals surface area contributed by atoms with E-state index in [4.69, 9.17) is 5.11 Å². The number of nitrogens with zero attached hydrogens (tertiary/aromatic N) is 2. The first-order valence-electron chi connectivity index (χ1n) is 4.63. The fraction of sp³-hybridized carbons (Fsp3) is 0.500. The molecule has 0 radical (unpaired) electrons. The Morgan fingerprint density at radius 2 is 2.29 bits per heavy atom. The molecular formula is C10H14N2O2. The van der Waals surface area contributed by atoms with Gasteiger partial charge in [-0.15, -0.1) is 0 Å². The predicted octanol–water partition coefficient (Wildman–Crippen LogP) is 0.145. The monoisotopic (exact) mass is 194 g/mol. The molecular weight excluding hydrogens is 180 g/mol. The second kappa shape index (κ2) is 3.22. The Morgan fingerprint density at radius 3 is 2.86 bits per heavy atom. The number of aliphatic hydroxyl groups is 2. The Balaban J connectivity index is 2.18. The lowest BCUT2D eigenvalue weighted by molar-refractivity contribution is 0.0308. The molecule has 4 heteroatoms. The summed E-state index contributed by atoms with van der Waals surface area (Å²) in [6, 6.07) is 1.86. The Labute approximate surface area is 82.8 Å². The van der Waals surface area contributed by atoms with Crippen molar-refractivity contribution in [2.75, 3.05) is 18.0 Å². The van der Waals surface area contributed by atoms with Gasteiger partial charge in [0.2, 0.25) is 0 Å². The van der Waals surface area contributed by atoms with Crippen LogP contribution < -0.4 is 4.90 Å². The number of hydrogen-bond donors (Lipinski definition) is 2. The number of anilines is 1. The molecule has 76 valence electrons. The summed E-state index contributed by atoms with van der Waals surface area (Å²) in [6.07, 6.45) is 3.35. The van der Waals surface area contributed by atoms with Crippen LogP contribution in [0, 0.1) is 0 Å². The highest BCUT2D eigenvalue weighted by atomic mass is 16.3. The van der Waals surface area contributed by atoms with Crippen LogP contribution in [0.25, 0.3) is 0 Å². The third-order valence-electron chi connectivity index (χ3n) is 2.45. The molecule has 1 aromatic heterocycles. The maximum absolute atomic E-state index is 9.59. The zero-order valence-electron chi connectivity index (χ0n) is 8.14. The summed E-state index contributed by atoms with van der Waals surface area (Å²) < 4.78 is 0. The summed E-state index contributed by atoms with van der Waals surface area (Å²) in [7, 11) is 0. The Kier molecular flexibility index (Phi) is 2.17. The summed E-state index contributed by atoms with van der Waals surface area (Å²) in [4.78, 5) is 5.98. The topological polar surface area (TPSA) is 56.6 Å². The van der Waals surface area contributed by atoms with Crippen molar-refractivity contribution < 1.29 is 10.2 Å². The minimum Gasteiger partial charge on any atom is -0.392 e. The Morgan fingerprint density at radius 1 is 1.57 bits per heavy atom. The van der Waals surface area contributed by atoms with Crippen molar-refractivity contribution in [2.45, 2.75) is 19.1 Å². The van der Waals surface area contributed by atoms with Crippen molar-refractivity contribution in [3.8, 4) is 0 Å². The summed E-state index contributed by atoms with van der Waals surface area (Å²) in [6.45, 7) is 3.03. The quantitative estimate of drug-likeness (QED) is 0.703. The molecule has 1 aliphatic rings. The molecule has 0 saturated carbocycles. The van der Waals surface area contributed by atoms with E-state index in [0.29, 0.717) is 13.1 Å². The fourth-order valence-electron chi connectivity index (χ4n) is 1.80. The van der Waals surface area contributed by atoms with Gasteiger partial charge in [0.25, 0.3) is 0 Å². The molecule has 0 unspecified atom stereocenters. The Hall–Kier alpha value is -1.13. The van der Waals surface area contributed by atoms with Crippen molar-refractivity contribution in [1.29, 1.82) is 0 Å². The van der Waals surface area contributed by atoms with Gasteiger partial charge in [0.05, 0.1) is 12.2 Å². The molecule has 2 heterocycles. The van der Waals surface area contributed by atoms with E-state index in [9.17, 15) is 5.11 Å². The van der Waals surface area contributed by atoms with Gasteiger partial charge in [-0.2, -0.15) is 0 Å². The van der Waals surface area contributed by atoms with Crippen LogP contribution >= 0.6 is 0 Å². The molecule has 1 fully saturated rings. The lowest BCUT2D eigenvalue weighted by Gasteiger charge is -2.46. The van der Waals surface area contributed by atoms with Gasteiger partial charge >= 0.3 is 0 Å². The van der Waals surface area contributed by atoms with Gasteiger partial charge in [0.15, 0.2) is 0 Å². The van der Waals surface area contributed by atoms with Crippen LogP contribution in [0.5, 0.6) is 0 Å². The van der Waals surface area contributed by atoms with Crippen LogP contribution in [-0.2, 0) is 6.61 Å². The van der Waals surface area contributed by atoms with Crippen molar-refractivity contribution in [3.63, 3.8) is 0 Å². The zero-order valence-corrected chi connectivity index (χ0v) is 8.14. The SMILES string of the molecule is CC1(O)CN(c2ccncc2CO)C1. The molecule has 1 aliphatic heterocycles. The maximum Gasteiger partial charge on any atom is 0.0967 e. The van der Waals surface area contributed by atoms with Gasteiger partial charge in [-0.05, 0) is 13.0 Å². The molecule has 2 rings (SSSR count). The second-order valence-electron chi connectivity index (χ2n) is 4.02. The van der Waals surface area contributed by atoms with Crippen LogP contribution in [0.1, 0.15) is 12.5 Å². The minimum absolute atomic E-state index is 0.0121. The molecule has 2 N–H and O–H groups in total. The average molecular weight is 194 g/mol. The summed E-state index contributed by atoms with van der Waals surface area (Å²) >= 11 is 0. The van der Waals surface area contributed by atoms with Gasteiger partial charge in [-0.25, -0.2) is 0 Å². The highest BCUT2D eigenvalue weighted by Gasteiger charge is 2.37. The van der Waals surface area contributed by atoms with Crippen molar-refractivity contribution >= 4 is 5.69 Å². The van der Waals surface area contributed by atoms with Gasteiger partial charge in [-0.3, -0.25) is 4.98 Å². The van der Waals surface area contributed by atoms with E-state index in [1.54, 1.807) is 12.4 Å². The minimum atomic E-state index is -0.587. The van der Waals surface area contributed by atoms with E-state index in [2.05, 4.69) is 4.98 Å². The summed E-state index contributed by atoms with van der Waals surface area (Å²) in [5.74, 6) is 0. The van der Waals surface area contributed by atoms with Crippen molar-refractivity contribution in [3.05, 3.63) is 24.0 Å². The van der Waals surface area contributed by atoms with Crippen LogP contribution in [0.2, 0.25) is 0 Å². The molecule has 14 heavy (non-hydrogen) atoms. The average Bonchev–Trinajstić information content (AvgIpc) is 2.14. The number of hydrogen-bond acceptors (Lipinski definition) is 4. The van der Waals surface area contributed by atoms with Crippen molar-refractivity contribution in [2.24, 2.45) is 0 Å². The number of rotatable bonds is 2. The van der Waals surface area contributed by atoms with E-state index in [-0.39, 0.29) is 6.61 Å². The number of β-amino-alcohol motifs (C(OH)–C–C–N with tert-alkyl or cyclic N) is 1. The largest absolute Gasteiger partial charge is 0.392 e. The number of aliphatic hydroxyl groups excluding tert-OH is 1. The molecule has 0 bridgehead atoms. The lowest BCUT2D eigenvalue weighted by atomic mass is 9.95. The fourth-order valence-corrected chi connectivity index (χ4v) is 1.80. The molecule has 4 nitrogen and oxygen atoms in total. The first-order valence-corrected chi connectivity index (χ1v) is 4.63. The molecule has 1 aromatic rings. The first kappa shape index (κ1) is 9.43. The maximum atomic E-state index is 9.59. The molecule has 0 spiro atoms. The first-order chi connectivity index (χ1) is 6.62. The van der Waals surface area contributed by atoms with E-state index in [1.807, 2.05) is 17.9 Å². The van der Waals surface area contributed by atoms with Gasteiger partial charge in [0.1, 0.15) is 0 Å². The zero-order chi connectivity index (χ0) is 10.2. The molecule has 1 saturated heterocycles. The van der Waals surface area contributed by atoms with E-state index < -0.39 is 5.60 Å². The standard InChI is InChI=1S/C10H14N2O2/c1-10(14)6-12(7-10)9-2-3-11-4-8(9)5-13/h2-4,13-14H,5-7H2,1H3. The van der Waals surface area contributed by atoms with Gasteiger partial charge in [0, 0.05) is 36.7 Å². The lowest BCUT2D eigenvalue weighted by Crippen LogP contribution is -2.60. The normalized spacial score (nSPS) is 19.2. The highest BCUT2D eigenvalue weighted by molar-refractivity contribution is 5.55. The summed E-state index contributed by atoms with van der Waals surface area (Å²) in [5, 5.41) is 18.7. The van der Waals surface area contributed by atoms with Crippen LogP contribution in [0.4, 0.5) is 5.69 Å². The Bertz CT molecular complexity index is 331. The number of pyridine rings is 1. The molecule has 0 atom stereocenters. The van der Waals surface area contributed by atoms with Gasteiger partial charge < -0.3 is 15.1 Å². The van der Waals surface area contributed by atoms with Crippen molar-refractivity contribution in [1.82, 2.24) is 4.98 Å². The number of aromatic nitrogens is 1. The highest BCUT2D eigenvalue weighted by Crippen LogP contribution is 2.29. The van der Waals surface area contributed by atoms with Crippen LogP contribution in [0.15, 0.2) is 18.5 Å². The smallest absolute Gasteiger partial charge is 0.0967 e. The van der Waals surface area contributed by atoms with E-state index in [1.165, 1.54) is 0 Å². The van der Waals surface area contributed by atoms with Crippen LogP contribution in [0.3, 0.4) is 0 Å². The third kappa shape index (κ3) is 1.58. The molecule has 0 amide bonds.